The average molecular weight is 349 g/mol. The smallest absolute Gasteiger partial charge is 0.340 e. The van der Waals surface area contributed by atoms with E-state index in [4.69, 9.17) is 19.0 Å². The van der Waals surface area contributed by atoms with Crippen molar-refractivity contribution < 1.29 is 28.6 Å². The number of carboxylic acid groups (broad SMARTS) is 1. The van der Waals surface area contributed by atoms with Gasteiger partial charge in [0.1, 0.15) is 6.04 Å². The molecule has 8 heteroatoms. The number of hydrogen-bond donors (Lipinski definition) is 2. The summed E-state index contributed by atoms with van der Waals surface area (Å²) in [5.74, 6) is -1.04. The summed E-state index contributed by atoms with van der Waals surface area (Å²) in [5.41, 5.74) is 0.266. The van der Waals surface area contributed by atoms with Crippen LogP contribution in [0.15, 0.2) is 21.3 Å². The first-order valence-corrected chi connectivity index (χ1v) is 7.49. The zero-order chi connectivity index (χ0) is 18.7. The van der Waals surface area contributed by atoms with Crippen LogP contribution in [-0.2, 0) is 16.0 Å². The number of amides is 1. The van der Waals surface area contributed by atoms with Gasteiger partial charge in [0.2, 0.25) is 11.7 Å². The van der Waals surface area contributed by atoms with Crippen molar-refractivity contribution in [3.8, 4) is 11.5 Å². The van der Waals surface area contributed by atoms with E-state index in [1.807, 2.05) is 0 Å². The van der Waals surface area contributed by atoms with E-state index < -0.39 is 23.5 Å². The molecule has 1 aromatic heterocycles. The molecule has 25 heavy (non-hydrogen) atoms. The van der Waals surface area contributed by atoms with Gasteiger partial charge in [-0.25, -0.2) is 4.79 Å². The molecule has 2 rings (SSSR count). The number of methoxy groups -OCH3 is 2. The van der Waals surface area contributed by atoms with Crippen molar-refractivity contribution in [1.29, 1.82) is 0 Å². The number of hydrogen-bond acceptors (Lipinski definition) is 6. The maximum atomic E-state index is 12.3. The van der Waals surface area contributed by atoms with Crippen LogP contribution in [0.5, 0.6) is 11.5 Å². The van der Waals surface area contributed by atoms with E-state index in [0.29, 0.717) is 16.7 Å². The fourth-order valence-electron chi connectivity index (χ4n) is 2.48. The summed E-state index contributed by atoms with van der Waals surface area (Å²) in [6.07, 6.45) is -0.282. The van der Waals surface area contributed by atoms with Gasteiger partial charge in [-0.1, -0.05) is 0 Å². The Morgan fingerprint density at radius 2 is 1.96 bits per heavy atom. The molecule has 0 bridgehead atoms. The van der Waals surface area contributed by atoms with Crippen LogP contribution in [0.3, 0.4) is 0 Å². The second-order valence-electron chi connectivity index (χ2n) is 5.48. The second kappa shape index (κ2) is 7.25. The summed E-state index contributed by atoms with van der Waals surface area (Å²) in [7, 11) is 2.90. The molecule has 0 aliphatic heterocycles. The molecule has 0 aliphatic carbocycles. The Morgan fingerprint density at radius 1 is 1.28 bits per heavy atom. The molecule has 0 aliphatic rings. The zero-order valence-corrected chi connectivity index (χ0v) is 14.3. The lowest BCUT2D eigenvalue weighted by atomic mass is 10.0. The van der Waals surface area contributed by atoms with E-state index in [9.17, 15) is 14.4 Å². The van der Waals surface area contributed by atoms with E-state index in [-0.39, 0.29) is 23.3 Å². The summed E-state index contributed by atoms with van der Waals surface area (Å²) in [5, 5.41) is 11.7. The topological polar surface area (TPSA) is 115 Å². The first-order chi connectivity index (χ1) is 11.8. The number of nitrogens with one attached hydrogen (secondary N) is 1. The van der Waals surface area contributed by atoms with Crippen molar-refractivity contribution in [2.45, 2.75) is 26.3 Å². The standard InChI is InChI=1S/C17H19NO7/c1-8-10-5-6-12(23-3)15(24-4)14(10)25-17(22)11(8)7-13(19)18-9(2)16(20)21/h5-6,9H,7H2,1-4H3,(H,18,19)(H,20,21). The molecule has 2 N–H and O–H groups in total. The predicted molar refractivity (Wildman–Crippen MR) is 89.3 cm³/mol. The van der Waals surface area contributed by atoms with Gasteiger partial charge in [-0.05, 0) is 31.5 Å². The second-order valence-corrected chi connectivity index (χ2v) is 5.48. The first kappa shape index (κ1) is 18.3. The van der Waals surface area contributed by atoms with E-state index in [1.165, 1.54) is 21.1 Å². The van der Waals surface area contributed by atoms with Crippen molar-refractivity contribution in [3.05, 3.63) is 33.7 Å². The molecule has 0 radical (unpaired) electrons. The minimum absolute atomic E-state index is 0.162. The van der Waals surface area contributed by atoms with Crippen molar-refractivity contribution >= 4 is 22.8 Å². The maximum Gasteiger partial charge on any atom is 0.340 e. The summed E-state index contributed by atoms with van der Waals surface area (Å²) in [6.45, 7) is 3.03. The van der Waals surface area contributed by atoms with E-state index in [0.717, 1.165) is 0 Å². The number of benzene rings is 1. The van der Waals surface area contributed by atoms with Gasteiger partial charge in [0.25, 0.3) is 0 Å². The number of carbonyl (C=O) groups excluding carboxylic acids is 1. The molecular formula is C17H19NO7. The highest BCUT2D eigenvalue weighted by Gasteiger charge is 2.21. The SMILES string of the molecule is COc1ccc2c(C)c(CC(=O)NC(C)C(=O)O)c(=O)oc2c1OC. The lowest BCUT2D eigenvalue weighted by Crippen LogP contribution is -2.39. The van der Waals surface area contributed by atoms with Gasteiger partial charge >= 0.3 is 11.6 Å². The molecule has 1 heterocycles. The van der Waals surface area contributed by atoms with Crippen LogP contribution in [0.4, 0.5) is 0 Å². The molecule has 0 saturated carbocycles. The lowest BCUT2D eigenvalue weighted by molar-refractivity contribution is -0.141. The normalized spacial score (nSPS) is 11.8. The van der Waals surface area contributed by atoms with Crippen molar-refractivity contribution in [2.75, 3.05) is 14.2 Å². The summed E-state index contributed by atoms with van der Waals surface area (Å²) < 4.78 is 15.8. The number of fused-ring (bicyclic) bond motifs is 1. The summed E-state index contributed by atoms with van der Waals surface area (Å²) in [6, 6.07) is 2.32. The van der Waals surface area contributed by atoms with Crippen LogP contribution < -0.4 is 20.4 Å². The molecule has 134 valence electrons. The van der Waals surface area contributed by atoms with Gasteiger partial charge in [-0.2, -0.15) is 0 Å². The minimum Gasteiger partial charge on any atom is -0.493 e. The Morgan fingerprint density at radius 3 is 2.52 bits per heavy atom. The highest BCUT2D eigenvalue weighted by molar-refractivity contribution is 5.90. The maximum absolute atomic E-state index is 12.3. The van der Waals surface area contributed by atoms with Crippen LogP contribution in [0, 0.1) is 6.92 Å². The Balaban J connectivity index is 2.48. The minimum atomic E-state index is -1.16. The van der Waals surface area contributed by atoms with E-state index in [1.54, 1.807) is 19.1 Å². The Kier molecular flexibility index (Phi) is 5.31. The fourth-order valence-corrected chi connectivity index (χ4v) is 2.48. The molecule has 0 saturated heterocycles. The van der Waals surface area contributed by atoms with Gasteiger partial charge in [-0.3, -0.25) is 9.59 Å². The van der Waals surface area contributed by atoms with Crippen LogP contribution in [0.2, 0.25) is 0 Å². The van der Waals surface area contributed by atoms with Crippen molar-refractivity contribution in [1.82, 2.24) is 5.32 Å². The highest BCUT2D eigenvalue weighted by atomic mass is 16.5. The number of rotatable bonds is 6. The number of carboxylic acids is 1. The quantitative estimate of drug-likeness (QED) is 0.754. The van der Waals surface area contributed by atoms with Crippen LogP contribution in [-0.4, -0.2) is 37.2 Å². The van der Waals surface area contributed by atoms with Gasteiger partial charge in [0.05, 0.1) is 26.2 Å². The molecule has 1 unspecified atom stereocenters. The first-order valence-electron chi connectivity index (χ1n) is 7.49. The number of ether oxygens (including phenoxy) is 2. The number of carbonyl (C=O) groups is 2. The Hall–Kier alpha value is -3.03. The van der Waals surface area contributed by atoms with Gasteiger partial charge in [0.15, 0.2) is 11.3 Å². The molecule has 1 atom stereocenters. The van der Waals surface area contributed by atoms with Crippen LogP contribution >= 0.6 is 0 Å². The summed E-state index contributed by atoms with van der Waals surface area (Å²) >= 11 is 0. The van der Waals surface area contributed by atoms with Gasteiger partial charge in [-0.15, -0.1) is 0 Å². The zero-order valence-electron chi connectivity index (χ0n) is 14.3. The van der Waals surface area contributed by atoms with Crippen molar-refractivity contribution in [3.63, 3.8) is 0 Å². The van der Waals surface area contributed by atoms with E-state index >= 15 is 0 Å². The average Bonchev–Trinajstić information content (AvgIpc) is 2.57. The third-order valence-corrected chi connectivity index (χ3v) is 3.88. The molecule has 0 spiro atoms. The summed E-state index contributed by atoms with van der Waals surface area (Å²) in [4.78, 5) is 35.1. The number of aryl methyl sites for hydroxylation is 1. The molecule has 1 aromatic carbocycles. The largest absolute Gasteiger partial charge is 0.493 e. The van der Waals surface area contributed by atoms with E-state index in [2.05, 4.69) is 5.32 Å². The monoisotopic (exact) mass is 349 g/mol. The lowest BCUT2D eigenvalue weighted by Gasteiger charge is -2.13. The van der Waals surface area contributed by atoms with Gasteiger partial charge < -0.3 is 24.3 Å². The Bertz CT molecular complexity index is 885. The molecule has 1 amide bonds. The molecule has 2 aromatic rings. The van der Waals surface area contributed by atoms with Gasteiger partial charge in [0, 0.05) is 5.39 Å². The predicted octanol–water partition coefficient (Wildman–Crippen LogP) is 1.25. The third kappa shape index (κ3) is 3.57. The highest BCUT2D eigenvalue weighted by Crippen LogP contribution is 2.36. The molecular weight excluding hydrogens is 330 g/mol. The fraction of sp³-hybridized carbons (Fsp3) is 0.353. The van der Waals surface area contributed by atoms with Crippen LogP contribution in [0.25, 0.3) is 11.0 Å². The molecule has 0 fully saturated rings. The number of aliphatic carboxylic acids is 1. The van der Waals surface area contributed by atoms with Crippen LogP contribution in [0.1, 0.15) is 18.1 Å². The Labute approximate surface area is 143 Å². The third-order valence-electron chi connectivity index (χ3n) is 3.88. The molecule has 8 nitrogen and oxygen atoms in total. The van der Waals surface area contributed by atoms with Crippen molar-refractivity contribution in [2.24, 2.45) is 0 Å².